The van der Waals surface area contributed by atoms with E-state index in [0.29, 0.717) is 0 Å². The number of carboxylic acid groups (broad SMARTS) is 1. The Morgan fingerprint density at radius 3 is 1.60 bits per heavy atom. The van der Waals surface area contributed by atoms with Gasteiger partial charge in [0.25, 0.3) is 0 Å². The number of aliphatic hydroxyl groups is 8. The molecule has 15 atom stereocenters. The molecule has 38 heteroatoms. The summed E-state index contributed by atoms with van der Waals surface area (Å²) in [6.45, 7) is -7.89. The smallest absolute Gasteiger partial charge is 0.308 e. The summed E-state index contributed by atoms with van der Waals surface area (Å²) in [5, 5.41) is 96.1. The number of amides is 2. The lowest BCUT2D eigenvalue weighted by atomic mass is 9.92. The monoisotopic (exact) mass is 1080 g/mol. The van der Waals surface area contributed by atoms with Crippen LogP contribution in [-0.4, -0.2) is 208 Å². The lowest BCUT2D eigenvalue weighted by Gasteiger charge is -2.51. The van der Waals surface area contributed by atoms with Gasteiger partial charge in [0.2, 0.25) is 17.6 Å². The highest BCUT2D eigenvalue weighted by atomic mass is 31.2. The summed E-state index contributed by atoms with van der Waals surface area (Å²) in [6.07, 6.45) is -33.9. The third-order valence-corrected chi connectivity index (χ3v) is 11.4. The van der Waals surface area contributed by atoms with Crippen LogP contribution in [-0.2, 0) is 84.4 Å². The van der Waals surface area contributed by atoms with Crippen molar-refractivity contribution < 1.29 is 160 Å². The van der Waals surface area contributed by atoms with Crippen LogP contribution in [0, 0.1) is 0 Å². The topological polar surface area (TPSA) is 576 Å². The van der Waals surface area contributed by atoms with Crippen molar-refractivity contribution in [3.05, 3.63) is 0 Å². The molecule has 0 bridgehead atoms. The minimum Gasteiger partial charge on any atom is -0.790 e. The van der Waals surface area contributed by atoms with E-state index in [1.807, 2.05) is 5.32 Å². The highest BCUT2D eigenvalue weighted by Crippen LogP contribution is 2.42. The Hall–Kier alpha value is -2.84. The summed E-state index contributed by atoms with van der Waals surface area (Å²) in [4.78, 5) is 135. The lowest BCUT2D eigenvalue weighted by molar-refractivity contribution is -0.398. The molecule has 70 heavy (non-hydrogen) atoms. The second-order valence-electron chi connectivity index (χ2n) is 14.9. The first-order chi connectivity index (χ1) is 32.5. The van der Waals surface area contributed by atoms with Gasteiger partial charge >= 0.3 is 11.9 Å². The van der Waals surface area contributed by atoms with Crippen molar-refractivity contribution in [1.29, 1.82) is 0 Å². The van der Waals surface area contributed by atoms with E-state index >= 15 is 0 Å². The van der Waals surface area contributed by atoms with E-state index in [1.165, 1.54) is 0 Å². The molecular formula is C32H48N2O33P3-7. The van der Waals surface area contributed by atoms with Crippen molar-refractivity contribution in [2.24, 2.45) is 0 Å². The van der Waals surface area contributed by atoms with E-state index in [1.54, 1.807) is 0 Å². The molecule has 0 saturated carbocycles. The maximum absolute atomic E-state index is 13.0. The molecule has 0 aromatic carbocycles. The Balaban J connectivity index is 2.21. The normalized spacial score (nSPS) is 32.3. The third kappa shape index (κ3) is 18.3. The summed E-state index contributed by atoms with van der Waals surface area (Å²) >= 11 is 0. The number of ether oxygens (including phenoxy) is 7. The third-order valence-electron chi connectivity index (χ3n) is 9.86. The number of rotatable bonds is 27. The van der Waals surface area contributed by atoms with Gasteiger partial charge in [-0.1, -0.05) is 0 Å². The average molecular weight is 1080 g/mol. The van der Waals surface area contributed by atoms with Crippen LogP contribution in [0.1, 0.15) is 32.1 Å². The van der Waals surface area contributed by atoms with E-state index in [4.69, 9.17) is 33.2 Å². The molecule has 3 aliphatic rings. The van der Waals surface area contributed by atoms with Gasteiger partial charge in [0, 0.05) is 19.3 Å². The molecule has 0 unspecified atom stereocenters. The number of esters is 2. The predicted octanol–water partition coefficient (Wildman–Crippen LogP) is -13.6. The van der Waals surface area contributed by atoms with Gasteiger partial charge in [-0.3, -0.25) is 19.2 Å². The van der Waals surface area contributed by atoms with Crippen LogP contribution in [0.2, 0.25) is 0 Å². The van der Waals surface area contributed by atoms with Gasteiger partial charge in [-0.05, 0) is 0 Å². The second-order valence-corrected chi connectivity index (χ2v) is 18.3. The van der Waals surface area contributed by atoms with E-state index in [2.05, 4.69) is 18.9 Å². The first-order valence-electron chi connectivity index (χ1n) is 20.2. The number of hydrogen-bond acceptors (Lipinski definition) is 33. The van der Waals surface area contributed by atoms with Crippen molar-refractivity contribution in [3.8, 4) is 0 Å². The van der Waals surface area contributed by atoms with Crippen LogP contribution >= 0.6 is 23.5 Å². The number of phosphoric acid groups is 3. The minimum atomic E-state index is -6.42. The Kier molecular flexibility index (Phi) is 23.6. The van der Waals surface area contributed by atoms with Gasteiger partial charge in [0.1, 0.15) is 60.8 Å². The quantitative estimate of drug-likeness (QED) is 0.0270. The van der Waals surface area contributed by atoms with Crippen molar-refractivity contribution in [2.45, 2.75) is 124 Å². The number of nitrogens with one attached hydrogen (secondary N) is 2. The largest absolute Gasteiger partial charge is 0.790 e. The number of aliphatic hydroxyl groups excluding tert-OH is 8. The van der Waals surface area contributed by atoms with Crippen molar-refractivity contribution in [1.82, 2.24) is 10.6 Å². The highest BCUT2D eigenvalue weighted by Gasteiger charge is 2.56. The Morgan fingerprint density at radius 2 is 1.13 bits per heavy atom. The summed E-state index contributed by atoms with van der Waals surface area (Å²) in [7, 11) is -18.8. The van der Waals surface area contributed by atoms with E-state index in [9.17, 15) is 113 Å². The van der Waals surface area contributed by atoms with Gasteiger partial charge in [-0.25, -0.2) is 0 Å². The van der Waals surface area contributed by atoms with Crippen LogP contribution in [0.4, 0.5) is 0 Å². The number of carboxylic acids is 1. The first kappa shape index (κ1) is 61.5. The van der Waals surface area contributed by atoms with Crippen molar-refractivity contribution >= 4 is 53.2 Å². The maximum atomic E-state index is 13.0. The zero-order chi connectivity index (χ0) is 52.9. The molecule has 3 aliphatic heterocycles. The van der Waals surface area contributed by atoms with Crippen LogP contribution in [0.3, 0.4) is 0 Å². The molecule has 3 heterocycles. The minimum absolute atomic E-state index is 0.716. The van der Waals surface area contributed by atoms with Crippen LogP contribution < -0.4 is 45.1 Å². The molecule has 0 aromatic heterocycles. The fourth-order valence-corrected chi connectivity index (χ4v) is 8.46. The van der Waals surface area contributed by atoms with Gasteiger partial charge < -0.3 is 151 Å². The highest BCUT2D eigenvalue weighted by molar-refractivity contribution is 7.43. The zero-order valence-electron chi connectivity index (χ0n) is 35.7. The number of carbonyl (C=O) groups is 5. The summed E-state index contributed by atoms with van der Waals surface area (Å²) in [5.74, 6) is -11.3. The summed E-state index contributed by atoms with van der Waals surface area (Å²) in [5.41, 5.74) is 0. The number of aliphatic carboxylic acids is 1. The molecular weight excluding hydrogens is 1030 g/mol. The molecule has 3 rings (SSSR count). The fraction of sp³-hybridized carbons (Fsp3) is 0.844. The van der Waals surface area contributed by atoms with Gasteiger partial charge in [-0.2, -0.15) is 0 Å². The molecule has 0 aliphatic carbocycles. The molecule has 0 radical (unpaired) electrons. The van der Waals surface area contributed by atoms with Crippen LogP contribution in [0.15, 0.2) is 0 Å². The molecule has 10 N–H and O–H groups in total. The van der Waals surface area contributed by atoms with Crippen molar-refractivity contribution in [3.63, 3.8) is 0 Å². The van der Waals surface area contributed by atoms with Crippen molar-refractivity contribution in [2.75, 3.05) is 46.2 Å². The van der Waals surface area contributed by atoms with Gasteiger partial charge in [0.05, 0.1) is 88.7 Å². The molecule has 406 valence electrons. The molecule has 35 nitrogen and oxygen atoms in total. The number of phosphoric ester groups is 3. The standard InChI is InChI=1S/C32H55N2O33P3/c35-5-1-17(41)33-21-27(62-19(43)3-7-37)24(46)15(60-30(21)67-70(55,56)57)11-58-29-22(34-18(42)2-6-36)28(63-20(44)4-8-38)26(66-69(52,53)54)16(61-29)12-59-32(31(47)48)9-14(65-68(49,50)51)23(45)25(64-32)13(40)10-39/h13-16,21-30,35-40,45-46H,1-12H2,(H,33,41)(H,34,42)(H,47,48)(H2,49,50,51)(H2,52,53,54)(H2,55,56,57)/p-7/t13-,14-,15-,16-,21-,22-,23-,24-,25-,26-,27-,28-,29-,30-,32-/m1/s1. The van der Waals surface area contributed by atoms with E-state index in [-0.39, 0.29) is 0 Å². The molecule has 3 fully saturated rings. The summed E-state index contributed by atoms with van der Waals surface area (Å²) in [6, 6.07) is -4.36. The van der Waals surface area contributed by atoms with Gasteiger partial charge in [0.15, 0.2) is 24.8 Å². The maximum Gasteiger partial charge on any atom is 0.308 e. The SMILES string of the molecule is O=C(CCO)N[C@H]1[C@H](OC[C@H]2O[C@H](OP(=O)([O-])[O-])[C@H](NC(=O)CCO)[C@@H](OC(=O)CCO)[C@@H]2O)O[C@H](CO[C@]2(C(=O)[O-])C[C@@H](OP(=O)([O-])[O-])[C@@H](O)[C@@H]([C@H](O)CO)O2)[C@@H](OP(=O)([O-])[O-])[C@@H]1OC(=O)CCO. The zero-order valence-corrected chi connectivity index (χ0v) is 38.4. The molecule has 2 amide bonds. The fourth-order valence-electron chi connectivity index (χ4n) is 6.94. The predicted molar refractivity (Wildman–Crippen MR) is 196 cm³/mol. The number of carbonyl (C=O) groups excluding carboxylic acids is 5. The molecule has 3 saturated heterocycles. The average Bonchev–Trinajstić information content (AvgIpc) is 3.23. The number of hydrogen-bond donors (Lipinski definition) is 10. The van der Waals surface area contributed by atoms with Gasteiger partial charge in [-0.15, -0.1) is 0 Å². The van der Waals surface area contributed by atoms with E-state index < -0.39 is 223 Å². The Morgan fingerprint density at radius 1 is 0.643 bits per heavy atom. The first-order valence-corrected chi connectivity index (χ1v) is 24.5. The Bertz CT molecular complexity index is 1900. The molecule has 0 aromatic rings. The van der Waals surface area contributed by atoms with Crippen LogP contribution in [0.5, 0.6) is 0 Å². The second kappa shape index (κ2) is 26.9. The Labute approximate surface area is 393 Å². The summed E-state index contributed by atoms with van der Waals surface area (Å²) < 4.78 is 86.7. The van der Waals surface area contributed by atoms with E-state index in [0.717, 1.165) is 0 Å². The molecule has 0 spiro atoms. The van der Waals surface area contributed by atoms with Crippen LogP contribution in [0.25, 0.3) is 0 Å². The lowest BCUT2D eigenvalue weighted by Crippen LogP contribution is -2.69.